The molecule has 0 spiro atoms. The number of pyridine rings is 1. The van der Waals surface area contributed by atoms with E-state index >= 15 is 0 Å². The maximum atomic E-state index is 4.62. The molecule has 22 heavy (non-hydrogen) atoms. The summed E-state index contributed by atoms with van der Waals surface area (Å²) in [6.45, 7) is 7.34. The van der Waals surface area contributed by atoms with Gasteiger partial charge in [0.15, 0.2) is 0 Å². The molecule has 1 aromatic carbocycles. The molecule has 1 atom stereocenters. The van der Waals surface area contributed by atoms with Crippen LogP contribution in [0.25, 0.3) is 0 Å². The van der Waals surface area contributed by atoms with E-state index in [2.05, 4.69) is 66.8 Å². The van der Waals surface area contributed by atoms with Crippen LogP contribution in [0.3, 0.4) is 0 Å². The van der Waals surface area contributed by atoms with Gasteiger partial charge >= 0.3 is 0 Å². The maximum Gasteiger partial charge on any atom is 0.147 e. The molecule has 0 bridgehead atoms. The first kappa shape index (κ1) is 16.9. The highest BCUT2D eigenvalue weighted by atomic mass is 28.3. The second kappa shape index (κ2) is 7.21. The summed E-state index contributed by atoms with van der Waals surface area (Å²) in [4.78, 5) is 4.31. The molecule has 0 radical (unpaired) electrons. The van der Waals surface area contributed by atoms with Gasteiger partial charge in [-0.15, -0.1) is 0 Å². The predicted molar refractivity (Wildman–Crippen MR) is 96.4 cm³/mol. The average molecular weight is 314 g/mol. The minimum absolute atomic E-state index is 0.186. The van der Waals surface area contributed by atoms with Crippen LogP contribution >= 0.6 is 0 Å². The fraction of sp³-hybridized carbons (Fsp3) is 0.421. The van der Waals surface area contributed by atoms with Crippen LogP contribution in [0.1, 0.15) is 30.4 Å². The maximum absolute atomic E-state index is 4.62. The van der Waals surface area contributed by atoms with Crippen molar-refractivity contribution in [3.8, 4) is 0 Å². The van der Waals surface area contributed by atoms with Crippen molar-refractivity contribution in [3.63, 3.8) is 0 Å². The van der Waals surface area contributed by atoms with Gasteiger partial charge in [0, 0.05) is 38.0 Å². The first-order valence-corrected chi connectivity index (χ1v) is 11.9. The summed E-state index contributed by atoms with van der Waals surface area (Å²) in [5.74, 6) is 0. The summed E-state index contributed by atoms with van der Waals surface area (Å²) in [5.41, 5.74) is 6.93. The molecule has 1 unspecified atom stereocenters. The number of nitrogens with zero attached hydrogens (tertiary/aromatic N) is 1. The Morgan fingerprint density at radius 3 is 2.23 bits per heavy atom. The Morgan fingerprint density at radius 2 is 1.64 bits per heavy atom. The summed E-state index contributed by atoms with van der Waals surface area (Å²) in [7, 11) is -0.945. The first-order chi connectivity index (χ1) is 10.4. The molecule has 2 nitrogen and oxygen atoms in total. The first-order valence-electron chi connectivity index (χ1n) is 8.23. The number of benzene rings is 1. The van der Waals surface area contributed by atoms with Gasteiger partial charge in [-0.2, -0.15) is 0 Å². The highest BCUT2D eigenvalue weighted by molar-refractivity contribution is 6.76. The molecule has 2 aromatic rings. The van der Waals surface area contributed by atoms with E-state index in [1.54, 1.807) is 0 Å². The number of rotatable bonds is 7. The number of hydrogen-bond acceptors (Lipinski definition) is 1. The summed E-state index contributed by atoms with van der Waals surface area (Å²) in [6.07, 6.45) is 7.41. The summed E-state index contributed by atoms with van der Waals surface area (Å²) >= 11 is 0. The molecule has 3 N–H and O–H groups in total. The van der Waals surface area contributed by atoms with Gasteiger partial charge in [0.2, 0.25) is 0 Å². The van der Waals surface area contributed by atoms with Crippen LogP contribution in [0.15, 0.2) is 54.9 Å². The number of hydrogen-bond donors (Lipinski definition) is 1. The van der Waals surface area contributed by atoms with E-state index in [4.69, 9.17) is 0 Å². The largest absolute Gasteiger partial charge is 0.345 e. The molecule has 0 fully saturated rings. The Hall–Kier alpha value is -1.45. The van der Waals surface area contributed by atoms with Gasteiger partial charge in [-0.1, -0.05) is 62.4 Å². The molecular formula is C19H29N2Si+. The fourth-order valence-electron chi connectivity index (χ4n) is 2.94. The summed E-state index contributed by atoms with van der Waals surface area (Å²) < 4.78 is 0. The minimum atomic E-state index is -0.945. The molecule has 1 heterocycles. The second-order valence-corrected chi connectivity index (χ2v) is 13.1. The van der Waals surface area contributed by atoms with E-state index < -0.39 is 8.07 Å². The van der Waals surface area contributed by atoms with E-state index in [1.165, 1.54) is 30.0 Å². The van der Waals surface area contributed by atoms with Gasteiger partial charge in [0.05, 0.1) is 0 Å². The molecule has 118 valence electrons. The Morgan fingerprint density at radius 1 is 0.955 bits per heavy atom. The van der Waals surface area contributed by atoms with Crippen LogP contribution in [0.2, 0.25) is 25.7 Å². The molecule has 0 saturated carbocycles. The lowest BCUT2D eigenvalue weighted by atomic mass is 9.80. The Bertz CT molecular complexity index is 521. The van der Waals surface area contributed by atoms with E-state index in [1.807, 2.05) is 18.5 Å². The normalized spacial score (nSPS) is 14.5. The smallest absolute Gasteiger partial charge is 0.147 e. The van der Waals surface area contributed by atoms with Gasteiger partial charge in [0.1, 0.15) is 5.54 Å². The highest BCUT2D eigenvalue weighted by Crippen LogP contribution is 2.30. The van der Waals surface area contributed by atoms with Crippen LogP contribution in [0, 0.1) is 0 Å². The standard InChI is InChI=1S/C19H28N2Si/c1-22(2,3)15-8-7-13-19(20,17-10-5-4-6-11-17)18-12-9-14-21-16-18/h4-6,9-12,14,16H,7-8,13,15,20H2,1-3H3/p+1. The monoisotopic (exact) mass is 313 g/mol. The zero-order valence-electron chi connectivity index (χ0n) is 14.2. The lowest BCUT2D eigenvalue weighted by molar-refractivity contribution is -0.473. The molecule has 2 rings (SSSR count). The lowest BCUT2D eigenvalue weighted by Crippen LogP contribution is -2.70. The molecule has 0 aliphatic heterocycles. The number of unbranched alkanes of at least 4 members (excludes halogenated alkanes) is 1. The second-order valence-electron chi connectivity index (χ2n) is 7.46. The van der Waals surface area contributed by atoms with Gasteiger partial charge in [-0.3, -0.25) is 4.98 Å². The lowest BCUT2D eigenvalue weighted by Gasteiger charge is -2.27. The SMILES string of the molecule is C[Si](C)(C)CCCCC([NH3+])(c1ccccc1)c1cccnc1. The third-order valence-electron chi connectivity index (χ3n) is 4.32. The predicted octanol–water partition coefficient (Wildman–Crippen LogP) is 4.08. The van der Waals surface area contributed by atoms with Crippen molar-refractivity contribution in [2.24, 2.45) is 0 Å². The van der Waals surface area contributed by atoms with Crippen molar-refractivity contribution in [2.45, 2.75) is 50.5 Å². The molecule has 0 saturated heterocycles. The topological polar surface area (TPSA) is 40.5 Å². The van der Waals surface area contributed by atoms with Gasteiger partial charge in [0.25, 0.3) is 0 Å². The molecule has 1 aromatic heterocycles. The van der Waals surface area contributed by atoms with Crippen molar-refractivity contribution in [3.05, 3.63) is 66.0 Å². The summed E-state index contributed by atoms with van der Waals surface area (Å²) in [6, 6.07) is 16.2. The van der Waals surface area contributed by atoms with Gasteiger partial charge in [-0.05, 0) is 18.6 Å². The van der Waals surface area contributed by atoms with E-state index in [9.17, 15) is 0 Å². The van der Waals surface area contributed by atoms with Crippen molar-refractivity contribution in [1.29, 1.82) is 0 Å². The van der Waals surface area contributed by atoms with Gasteiger partial charge in [-0.25, -0.2) is 0 Å². The number of aromatic nitrogens is 1. The van der Waals surface area contributed by atoms with Crippen LogP contribution in [-0.2, 0) is 5.54 Å². The zero-order valence-corrected chi connectivity index (χ0v) is 15.2. The highest BCUT2D eigenvalue weighted by Gasteiger charge is 2.33. The molecule has 0 aliphatic carbocycles. The minimum Gasteiger partial charge on any atom is -0.345 e. The van der Waals surface area contributed by atoms with Crippen molar-refractivity contribution >= 4 is 8.07 Å². The van der Waals surface area contributed by atoms with Crippen LogP contribution in [0.5, 0.6) is 0 Å². The molecule has 3 heteroatoms. The van der Waals surface area contributed by atoms with E-state index in [-0.39, 0.29) is 5.54 Å². The van der Waals surface area contributed by atoms with Crippen molar-refractivity contribution in [2.75, 3.05) is 0 Å². The Labute approximate surface area is 135 Å². The zero-order chi connectivity index (χ0) is 16.1. The molecular weight excluding hydrogens is 284 g/mol. The van der Waals surface area contributed by atoms with Crippen LogP contribution in [0.4, 0.5) is 0 Å². The third kappa shape index (κ3) is 4.52. The Kier molecular flexibility index (Phi) is 5.54. The van der Waals surface area contributed by atoms with Crippen LogP contribution < -0.4 is 5.73 Å². The fourth-order valence-corrected chi connectivity index (χ4v) is 4.25. The Balaban J connectivity index is 2.17. The van der Waals surface area contributed by atoms with Gasteiger partial charge < -0.3 is 5.73 Å². The van der Waals surface area contributed by atoms with E-state index in [0.29, 0.717) is 0 Å². The average Bonchev–Trinajstić information content (AvgIpc) is 2.52. The third-order valence-corrected chi connectivity index (χ3v) is 6.17. The van der Waals surface area contributed by atoms with E-state index in [0.717, 1.165) is 6.42 Å². The van der Waals surface area contributed by atoms with Crippen LogP contribution in [-0.4, -0.2) is 13.1 Å². The molecule has 0 aliphatic rings. The van der Waals surface area contributed by atoms with Crippen molar-refractivity contribution < 1.29 is 5.73 Å². The quantitative estimate of drug-likeness (QED) is 0.607. The van der Waals surface area contributed by atoms with Crippen molar-refractivity contribution in [1.82, 2.24) is 4.98 Å². The summed E-state index contributed by atoms with van der Waals surface area (Å²) in [5, 5.41) is 0. The number of quaternary nitrogens is 1. The molecule has 0 amide bonds.